The molecule has 5 aromatic carbocycles. The molecule has 40 nitrogen and oxygen atoms in total. The Kier molecular flexibility index (Phi) is 38.3. The number of nitrogens with one attached hydrogen (secondary N) is 10. The topological polar surface area (TPSA) is 601 Å². The molecule has 0 saturated carbocycles. The first-order chi connectivity index (χ1) is 64.5. The van der Waals surface area contributed by atoms with E-state index < -0.39 is 321 Å². The smallest absolute Gasteiger partial charge is 0.305 e. The number of amides is 16. The highest BCUT2D eigenvalue weighted by Gasteiger charge is 2.48. The minimum Gasteiger partial charge on any atom is -0.508 e. The number of para-hydroxylation sites is 1. The SMILES string of the molecule is CCCC[C@H]1C(=O)N2C[C@H](O)C[C@@H]2C(=O)N[C@@H](CC(=O)O)C(=O)N[C@@H](C(C)C)C(=O)N(C)[C@@H](Cc2ccccc2)C(=O)N[C@@H](CCC(N)=O)C(=O)N2C[C@H](O)C[C@H]2C(=O)N[C@@H](Cc2c[nH]c3ccccc23)C(=O)N[C@@H](Cc2ccc(O)cc2)C(=O)N[C@@H](CCC(=O)O)C(=O)N[C@H](C(=O)NCC(N)=O)CSCC(=O)N[C@@H](Cc2cc(F)c(F)c(F)c2)C(=O)N(C)[C@@H](Cc2ccccc2)C(=O)N1C. The number of thioether (sulfide) groups is 1. The van der Waals surface area contributed by atoms with E-state index in [1.807, 2.05) is 0 Å². The van der Waals surface area contributed by atoms with Gasteiger partial charge in [0.15, 0.2) is 17.5 Å². The number of nitrogens with two attached hydrogens (primary N) is 2. The number of carbonyl (C=O) groups is 18. The van der Waals surface area contributed by atoms with Crippen LogP contribution in [0, 0.1) is 23.4 Å². The number of aromatic amines is 1. The van der Waals surface area contributed by atoms with E-state index in [1.54, 1.807) is 91.9 Å². The Morgan fingerprint density at radius 2 is 0.993 bits per heavy atom. The summed E-state index contributed by atoms with van der Waals surface area (Å²) in [4.78, 5) is 270. The van der Waals surface area contributed by atoms with E-state index in [2.05, 4.69) is 52.8 Å². The van der Waals surface area contributed by atoms with Crippen LogP contribution in [0.2, 0.25) is 0 Å². The number of phenolic OH excluding ortho intramolecular Hbond substituents is 1. The molecular weight excluding hydrogens is 1800 g/mol. The number of likely N-dealkylation sites (N-methyl/N-ethyl adjacent to an activating group) is 3. The number of carboxylic acid groups (broad SMARTS) is 2. The van der Waals surface area contributed by atoms with Crippen molar-refractivity contribution in [2.45, 2.75) is 208 Å². The van der Waals surface area contributed by atoms with Gasteiger partial charge >= 0.3 is 11.9 Å². The number of carbonyl (C=O) groups excluding carboxylic acids is 16. The van der Waals surface area contributed by atoms with Crippen LogP contribution in [0.4, 0.5) is 13.2 Å². The lowest BCUT2D eigenvalue weighted by Crippen LogP contribution is -2.62. The van der Waals surface area contributed by atoms with Crippen LogP contribution in [0.1, 0.15) is 113 Å². The molecular formula is C92H114F3N17O23S. The van der Waals surface area contributed by atoms with Crippen LogP contribution in [0.3, 0.4) is 0 Å². The third-order valence-corrected chi connectivity index (χ3v) is 24.7. The molecule has 6 aromatic rings. The Labute approximate surface area is 783 Å². The fourth-order valence-corrected chi connectivity index (χ4v) is 17.2. The van der Waals surface area contributed by atoms with Crippen LogP contribution in [0.15, 0.2) is 128 Å². The van der Waals surface area contributed by atoms with Crippen LogP contribution in [-0.4, -0.2) is 305 Å². The number of aliphatic hydroxyl groups excluding tert-OH is 2. The molecule has 9 rings (SSSR count). The molecule has 16 amide bonds. The first-order valence-corrected chi connectivity index (χ1v) is 45.3. The van der Waals surface area contributed by atoms with E-state index in [4.69, 9.17) is 11.5 Å². The number of fused-ring (bicyclic) bond motifs is 3. The van der Waals surface area contributed by atoms with Gasteiger partial charge in [0.25, 0.3) is 0 Å². The first-order valence-electron chi connectivity index (χ1n) is 44.1. The Morgan fingerprint density at radius 1 is 0.493 bits per heavy atom. The van der Waals surface area contributed by atoms with Gasteiger partial charge in [0, 0.05) is 115 Å². The number of carboxylic acids is 2. The summed E-state index contributed by atoms with van der Waals surface area (Å²) in [5, 5.41) is 76.5. The third-order valence-electron chi connectivity index (χ3n) is 23.7. The second kappa shape index (κ2) is 49.3. The van der Waals surface area contributed by atoms with Crippen LogP contribution < -0.4 is 59.3 Å². The summed E-state index contributed by atoms with van der Waals surface area (Å²) in [7, 11) is 3.50. The molecule has 0 bridgehead atoms. The summed E-state index contributed by atoms with van der Waals surface area (Å²) >= 11 is 0.554. The van der Waals surface area contributed by atoms with Crippen molar-refractivity contribution in [2.24, 2.45) is 17.4 Å². The molecule has 732 valence electrons. The predicted octanol–water partition coefficient (Wildman–Crippen LogP) is -1.11. The molecule has 19 N–H and O–H groups in total. The van der Waals surface area contributed by atoms with Crippen molar-refractivity contribution in [3.8, 4) is 5.75 Å². The van der Waals surface area contributed by atoms with Gasteiger partial charge < -0.3 is 114 Å². The van der Waals surface area contributed by atoms with Crippen LogP contribution in [0.5, 0.6) is 5.75 Å². The second-order valence-corrected chi connectivity index (χ2v) is 35.2. The zero-order valence-corrected chi connectivity index (χ0v) is 76.3. The quantitative estimate of drug-likeness (QED) is 0.0302. The van der Waals surface area contributed by atoms with Crippen LogP contribution in [0.25, 0.3) is 10.9 Å². The van der Waals surface area contributed by atoms with Gasteiger partial charge in [0.1, 0.15) is 84.3 Å². The Morgan fingerprint density at radius 3 is 1.57 bits per heavy atom. The van der Waals surface area contributed by atoms with Gasteiger partial charge in [-0.2, -0.15) is 0 Å². The molecule has 15 atom stereocenters. The van der Waals surface area contributed by atoms with Gasteiger partial charge in [-0.3, -0.25) is 86.3 Å². The zero-order chi connectivity index (χ0) is 99.6. The van der Waals surface area contributed by atoms with Gasteiger partial charge in [-0.25, -0.2) is 13.2 Å². The molecule has 0 radical (unpaired) electrons. The molecule has 0 spiro atoms. The summed E-state index contributed by atoms with van der Waals surface area (Å²) < 4.78 is 45.1. The number of H-pyrrole nitrogens is 1. The molecule has 44 heteroatoms. The second-order valence-electron chi connectivity index (χ2n) is 34.2. The van der Waals surface area contributed by atoms with E-state index in [0.29, 0.717) is 57.9 Å². The van der Waals surface area contributed by atoms with E-state index in [1.165, 1.54) is 58.4 Å². The Bertz CT molecular complexity index is 5350. The highest BCUT2D eigenvalue weighted by atomic mass is 32.2. The number of primary amides is 2. The van der Waals surface area contributed by atoms with E-state index in [9.17, 15) is 73.1 Å². The molecule has 136 heavy (non-hydrogen) atoms. The Balaban J connectivity index is 1.15. The molecule has 3 saturated heterocycles. The summed E-state index contributed by atoms with van der Waals surface area (Å²) in [6.07, 6.45) is -8.65. The maximum Gasteiger partial charge on any atom is 0.305 e. The standard InChI is InChI=1S/C92H114F3N17O23S/c1-7-8-23-68-91(134)112-45-56(115)40-71(112)87(130)105-65(41-77(121)122)84(127)107-79(48(2)3)92(135)109(5)69(36-49-17-11-9-12-18-49)85(128)102-62(28-30-73(96)116)89(132)111-44-55(114)39-70(111)86(129)104-64(38-53-42-98-60-22-16-15-21-57(53)60)83(126)103-63(34-51-24-26-54(113)27-25-51)82(125)101-61(29-31-76(119)120)81(124)106-67(80(123)99-43-74(97)117)46-136-47-75(118)100-66(35-52-32-58(93)78(95)59(94)33-52)88(131)110(6)72(90(133)108(68)4)37-50-19-13-10-14-20-50/h9-22,24-27,32-33,42,48,55-56,61-72,79,98,113-115H,7-8,23,28-31,34-41,43-47H2,1-6H3,(H2,96,116)(H2,97,117)(H,99,123)(H,100,118)(H,101,125)(H,102,128)(H,103,126)(H,104,129)(H,105,130)(H,106,124)(H,107,127)(H,119,120)(H,121,122)/t55-,56-,61+,62+,63+,64+,65+,66+,67+,68+,69+,70+,71-,72+,79+/m1/s1. The van der Waals surface area contributed by atoms with Crippen molar-refractivity contribution in [1.29, 1.82) is 0 Å². The molecule has 4 heterocycles. The number of halogens is 3. The summed E-state index contributed by atoms with van der Waals surface area (Å²) in [5.74, 6) is -29.2. The number of aromatic hydroxyl groups is 1. The molecule has 3 fully saturated rings. The lowest BCUT2D eigenvalue weighted by atomic mass is 9.98. The van der Waals surface area contributed by atoms with E-state index in [-0.39, 0.29) is 37.0 Å². The maximum atomic E-state index is 15.7. The summed E-state index contributed by atoms with van der Waals surface area (Å²) in [5.41, 5.74) is 12.6. The minimum atomic E-state index is -2.08. The predicted molar refractivity (Wildman–Crippen MR) is 483 cm³/mol. The van der Waals surface area contributed by atoms with Crippen molar-refractivity contribution in [1.82, 2.24) is 77.3 Å². The van der Waals surface area contributed by atoms with Gasteiger partial charge in [0.2, 0.25) is 94.5 Å². The molecule has 3 aliphatic heterocycles. The van der Waals surface area contributed by atoms with Gasteiger partial charge in [-0.05, 0) is 83.3 Å². The van der Waals surface area contributed by atoms with Crippen molar-refractivity contribution >= 4 is 129 Å². The lowest BCUT2D eigenvalue weighted by Gasteiger charge is -2.38. The number of aliphatic carboxylic acids is 2. The average Bonchev–Trinajstić information content (AvgIpc) is 1.78. The number of phenols is 1. The number of hydrogen-bond donors (Lipinski definition) is 17. The normalized spacial score (nSPS) is 24.3. The van der Waals surface area contributed by atoms with Crippen molar-refractivity contribution < 1.29 is 125 Å². The highest BCUT2D eigenvalue weighted by Crippen LogP contribution is 2.29. The Hall–Kier alpha value is -14.0. The zero-order valence-electron chi connectivity index (χ0n) is 75.5. The molecule has 0 aliphatic carbocycles. The molecule has 3 aliphatic rings. The largest absolute Gasteiger partial charge is 0.508 e. The molecule has 0 unspecified atom stereocenters. The van der Waals surface area contributed by atoms with Crippen molar-refractivity contribution in [2.75, 3.05) is 52.3 Å². The fraction of sp³-hybridized carbons (Fsp3) is 0.457. The number of aromatic nitrogens is 1. The molecule has 1 aromatic heterocycles. The van der Waals surface area contributed by atoms with E-state index in [0.717, 1.165) is 31.5 Å². The number of hydrogen-bond acceptors (Lipinski definition) is 22. The van der Waals surface area contributed by atoms with Gasteiger partial charge in [-0.15, -0.1) is 11.8 Å². The van der Waals surface area contributed by atoms with Crippen LogP contribution in [-0.2, 0) is 118 Å². The number of unbranched alkanes of at least 4 members (excludes halogenated alkanes) is 1. The van der Waals surface area contributed by atoms with E-state index >= 15 is 51.9 Å². The van der Waals surface area contributed by atoms with Crippen molar-refractivity contribution in [3.05, 3.63) is 173 Å². The van der Waals surface area contributed by atoms with Crippen LogP contribution >= 0.6 is 11.8 Å². The summed E-state index contributed by atoms with van der Waals surface area (Å²) in [6.45, 7) is 2.61. The number of aliphatic hydroxyl groups is 2. The fourth-order valence-electron chi connectivity index (χ4n) is 16.3. The lowest BCUT2D eigenvalue weighted by molar-refractivity contribution is -0.152. The highest BCUT2D eigenvalue weighted by molar-refractivity contribution is 8.00. The average molecular weight is 1920 g/mol. The van der Waals surface area contributed by atoms with Crippen molar-refractivity contribution in [3.63, 3.8) is 0 Å². The number of benzene rings is 5. The first kappa shape index (κ1) is 106. The number of rotatable bonds is 25. The van der Waals surface area contributed by atoms with Gasteiger partial charge in [-0.1, -0.05) is 125 Å². The minimum absolute atomic E-state index is 0.167. The monoisotopic (exact) mass is 1910 g/mol. The maximum absolute atomic E-state index is 15.7. The third kappa shape index (κ3) is 29.2. The van der Waals surface area contributed by atoms with Gasteiger partial charge in [0.05, 0.1) is 30.9 Å². The summed E-state index contributed by atoms with van der Waals surface area (Å²) in [6, 6.07) is 5.50. The number of nitrogens with zero attached hydrogens (tertiary/aromatic N) is 5.